The zero-order valence-electron chi connectivity index (χ0n) is 17.5. The number of nitrogens with zero attached hydrogens (tertiary/aromatic N) is 4. The molecule has 2 heterocycles. The first kappa shape index (κ1) is 24.7. The predicted octanol–water partition coefficient (Wildman–Crippen LogP) is 2.76. The summed E-state index contributed by atoms with van der Waals surface area (Å²) in [6, 6.07) is 4.89. The highest BCUT2D eigenvalue weighted by Crippen LogP contribution is 2.16. The van der Waals surface area contributed by atoms with E-state index in [4.69, 9.17) is 0 Å². The molecular formula is C20H30FIN6OS. The number of guanidine groups is 1. The molecule has 0 saturated heterocycles. The van der Waals surface area contributed by atoms with Crippen molar-refractivity contribution in [2.24, 2.45) is 4.99 Å². The summed E-state index contributed by atoms with van der Waals surface area (Å²) in [6.45, 7) is 2.61. The fourth-order valence-electron chi connectivity index (χ4n) is 3.49. The summed E-state index contributed by atoms with van der Waals surface area (Å²) in [4.78, 5) is 16.6. The Kier molecular flexibility index (Phi) is 10.2. The second-order valence-corrected chi connectivity index (χ2v) is 7.95. The van der Waals surface area contributed by atoms with E-state index in [1.54, 1.807) is 34.1 Å². The van der Waals surface area contributed by atoms with E-state index < -0.39 is 0 Å². The third kappa shape index (κ3) is 6.47. The van der Waals surface area contributed by atoms with Crippen molar-refractivity contribution in [3.8, 4) is 0 Å². The maximum absolute atomic E-state index is 13.5. The standard InChI is InChI=1S/C20H29FN6OS.HI/c1-22-19(24-13-15-7-8-17(21)12-16(15)14-29-2)23-9-5-11-27-20(28)26-10-4-3-6-18(26)25-27;/h7-8,12H,3-6,9-11,13-14H2,1-2H3,(H2,22,23,24);1H. The van der Waals surface area contributed by atoms with Crippen LogP contribution in [0.4, 0.5) is 4.39 Å². The smallest absolute Gasteiger partial charge is 0.345 e. The van der Waals surface area contributed by atoms with Crippen LogP contribution in [0.2, 0.25) is 0 Å². The van der Waals surface area contributed by atoms with E-state index in [0.29, 0.717) is 25.6 Å². The Morgan fingerprint density at radius 2 is 2.13 bits per heavy atom. The van der Waals surface area contributed by atoms with E-state index in [9.17, 15) is 9.18 Å². The van der Waals surface area contributed by atoms with E-state index in [-0.39, 0.29) is 35.5 Å². The summed E-state index contributed by atoms with van der Waals surface area (Å²) >= 11 is 1.67. The van der Waals surface area contributed by atoms with Gasteiger partial charge >= 0.3 is 5.69 Å². The normalized spacial score (nSPS) is 13.5. The molecule has 1 aliphatic heterocycles. The van der Waals surface area contributed by atoms with E-state index in [1.165, 1.54) is 6.07 Å². The third-order valence-corrected chi connectivity index (χ3v) is 5.61. The maximum Gasteiger partial charge on any atom is 0.345 e. The van der Waals surface area contributed by atoms with E-state index in [1.807, 2.05) is 12.3 Å². The number of fused-ring (bicyclic) bond motifs is 1. The van der Waals surface area contributed by atoms with Crippen LogP contribution in [0.5, 0.6) is 0 Å². The van der Waals surface area contributed by atoms with Gasteiger partial charge in [-0.05, 0) is 48.8 Å². The van der Waals surface area contributed by atoms with E-state index >= 15 is 0 Å². The molecule has 2 N–H and O–H groups in total. The number of nitrogens with one attached hydrogen (secondary N) is 2. The number of thioether (sulfide) groups is 1. The van der Waals surface area contributed by atoms with Gasteiger partial charge in [0.05, 0.1) is 0 Å². The minimum Gasteiger partial charge on any atom is -0.356 e. The second-order valence-electron chi connectivity index (χ2n) is 7.08. The quantitative estimate of drug-likeness (QED) is 0.230. The van der Waals surface area contributed by atoms with Gasteiger partial charge in [0.25, 0.3) is 0 Å². The average molecular weight is 548 g/mol. The van der Waals surface area contributed by atoms with Crippen molar-refractivity contribution in [3.63, 3.8) is 0 Å². The minimum absolute atomic E-state index is 0. The van der Waals surface area contributed by atoms with Gasteiger partial charge in [-0.1, -0.05) is 6.07 Å². The summed E-state index contributed by atoms with van der Waals surface area (Å²) < 4.78 is 16.9. The van der Waals surface area contributed by atoms with Crippen LogP contribution in [-0.2, 0) is 31.8 Å². The molecule has 166 valence electrons. The first-order chi connectivity index (χ1) is 14.1. The molecule has 0 atom stereocenters. The van der Waals surface area contributed by atoms with Gasteiger partial charge in [-0.2, -0.15) is 16.9 Å². The SMILES string of the molecule is CN=C(NCCCn1nc2n(c1=O)CCCC2)NCc1ccc(F)cc1CSC.I. The molecule has 0 saturated carbocycles. The minimum atomic E-state index is -0.212. The Hall–Kier alpha value is -1.56. The molecule has 1 aromatic carbocycles. The van der Waals surface area contributed by atoms with Crippen molar-refractivity contribution < 1.29 is 4.39 Å². The van der Waals surface area contributed by atoms with Crippen LogP contribution in [0, 0.1) is 5.82 Å². The van der Waals surface area contributed by atoms with Crippen LogP contribution in [0.1, 0.15) is 36.2 Å². The molecule has 1 aromatic heterocycles. The molecule has 0 fully saturated rings. The molecule has 7 nitrogen and oxygen atoms in total. The number of aromatic nitrogens is 3. The summed E-state index contributed by atoms with van der Waals surface area (Å²) in [5, 5.41) is 11.0. The number of benzene rings is 1. The van der Waals surface area contributed by atoms with Crippen molar-refractivity contribution in [1.29, 1.82) is 0 Å². The lowest BCUT2D eigenvalue weighted by Crippen LogP contribution is -2.38. The molecule has 30 heavy (non-hydrogen) atoms. The molecule has 2 aromatic rings. The summed E-state index contributed by atoms with van der Waals surface area (Å²) in [6.07, 6.45) is 5.82. The van der Waals surface area contributed by atoms with Crippen LogP contribution < -0.4 is 16.3 Å². The topological polar surface area (TPSA) is 76.2 Å². The Morgan fingerprint density at radius 1 is 1.30 bits per heavy atom. The van der Waals surface area contributed by atoms with Crippen molar-refractivity contribution in [2.45, 2.75) is 51.1 Å². The molecule has 0 spiro atoms. The lowest BCUT2D eigenvalue weighted by molar-refractivity contribution is 0.509. The van der Waals surface area contributed by atoms with Crippen LogP contribution in [0.25, 0.3) is 0 Å². The van der Waals surface area contributed by atoms with Crippen molar-refractivity contribution in [3.05, 3.63) is 51.5 Å². The first-order valence-corrected chi connectivity index (χ1v) is 11.4. The molecule has 0 unspecified atom stereocenters. The Morgan fingerprint density at radius 3 is 2.87 bits per heavy atom. The van der Waals surface area contributed by atoms with Gasteiger partial charge in [0.1, 0.15) is 11.6 Å². The fraction of sp³-hybridized carbons (Fsp3) is 0.550. The molecule has 0 bridgehead atoms. The number of hydrogen-bond donors (Lipinski definition) is 2. The number of aryl methyl sites for hydroxylation is 2. The highest BCUT2D eigenvalue weighted by molar-refractivity contribution is 14.0. The van der Waals surface area contributed by atoms with Crippen LogP contribution >= 0.6 is 35.7 Å². The molecule has 10 heteroatoms. The monoisotopic (exact) mass is 548 g/mol. The first-order valence-electron chi connectivity index (χ1n) is 9.99. The molecule has 3 rings (SSSR count). The van der Waals surface area contributed by atoms with E-state index in [2.05, 4.69) is 20.7 Å². The van der Waals surface area contributed by atoms with Crippen molar-refractivity contribution >= 4 is 41.7 Å². The van der Waals surface area contributed by atoms with Crippen molar-refractivity contribution in [2.75, 3.05) is 19.8 Å². The van der Waals surface area contributed by atoms with Crippen molar-refractivity contribution in [1.82, 2.24) is 25.0 Å². The van der Waals surface area contributed by atoms with Gasteiger partial charge in [-0.25, -0.2) is 13.9 Å². The number of aliphatic imine (C=N–C) groups is 1. The second kappa shape index (κ2) is 12.3. The molecule has 1 aliphatic rings. The Bertz CT molecular complexity index is 913. The zero-order chi connectivity index (χ0) is 20.6. The molecule has 0 radical (unpaired) electrons. The summed E-state index contributed by atoms with van der Waals surface area (Å²) in [5.41, 5.74) is 2.04. The maximum atomic E-state index is 13.5. The van der Waals surface area contributed by atoms with Crippen LogP contribution in [0.15, 0.2) is 28.0 Å². The number of hydrogen-bond acceptors (Lipinski definition) is 4. The summed E-state index contributed by atoms with van der Waals surface area (Å²) in [7, 11) is 1.72. The average Bonchev–Trinajstić information content (AvgIpc) is 3.05. The lowest BCUT2D eigenvalue weighted by Gasteiger charge is -2.14. The Labute approximate surface area is 197 Å². The van der Waals surface area contributed by atoms with Crippen LogP contribution in [-0.4, -0.2) is 40.2 Å². The highest BCUT2D eigenvalue weighted by Gasteiger charge is 2.16. The lowest BCUT2D eigenvalue weighted by atomic mass is 10.1. The van der Waals surface area contributed by atoms with E-state index in [0.717, 1.165) is 54.9 Å². The largest absolute Gasteiger partial charge is 0.356 e. The van der Waals surface area contributed by atoms with Gasteiger partial charge in [0.2, 0.25) is 0 Å². The van der Waals surface area contributed by atoms with Gasteiger partial charge in [-0.3, -0.25) is 9.56 Å². The number of halogens is 2. The molecule has 0 aliphatic carbocycles. The highest BCUT2D eigenvalue weighted by atomic mass is 127. The van der Waals surface area contributed by atoms with Crippen LogP contribution in [0.3, 0.4) is 0 Å². The summed E-state index contributed by atoms with van der Waals surface area (Å²) in [5.74, 6) is 2.15. The van der Waals surface area contributed by atoms with Gasteiger partial charge in [0.15, 0.2) is 5.96 Å². The zero-order valence-corrected chi connectivity index (χ0v) is 20.6. The number of rotatable bonds is 8. The molecule has 0 amide bonds. The predicted molar refractivity (Wildman–Crippen MR) is 131 cm³/mol. The Balaban J connectivity index is 0.00000320. The fourth-order valence-corrected chi connectivity index (χ4v) is 4.07. The van der Waals surface area contributed by atoms with Gasteiger partial charge in [0, 0.05) is 45.4 Å². The molecular weight excluding hydrogens is 518 g/mol. The third-order valence-electron chi connectivity index (χ3n) is 5.01. The van der Waals surface area contributed by atoms with Gasteiger partial charge < -0.3 is 10.6 Å². The van der Waals surface area contributed by atoms with Gasteiger partial charge in [-0.15, -0.1) is 24.0 Å².